The average molecular weight is 2360 g/mol. The third kappa shape index (κ3) is 153. The molecule has 3 aliphatic heterocycles. The first kappa shape index (κ1) is 139. The molecule has 0 bridgehead atoms. The second-order valence-corrected chi connectivity index (χ2v) is 58.7. The van der Waals surface area contributed by atoms with Crippen LogP contribution in [0.2, 0.25) is 0 Å². The molecule has 3 heterocycles. The molecule has 123 heavy (non-hydrogen) atoms. The minimum atomic E-state index is 0.359. The molecule has 58 heteroatoms. The van der Waals surface area contributed by atoms with Gasteiger partial charge in [0.05, 0.1) is 172 Å². The zero-order chi connectivity index (χ0) is 89.3. The average Bonchev–Trinajstić information content (AvgIpc) is 1.95. The van der Waals surface area contributed by atoms with Crippen LogP contribution in [0.15, 0.2) is 0 Å². The predicted molar refractivity (Wildman–Crippen MR) is 599 cm³/mol. The SMILES string of the molecule is C1CSSCCOCOCCSSCCOCO1.C1CSSCCOCOCCSSSCCOCO1.C1CSSCCOCOCCSSSSCCOCO1.SCCOCOCCS.SCCOCOCCSSCCOCOCCS.SCCOCOCCSSSCCOCOCCS.SCCOCOCCSSSSCCOCOCCS. The van der Waals surface area contributed by atoms with E-state index in [-0.39, 0.29) is 0 Å². The Morgan fingerprint density at radius 1 is 0.171 bits per heavy atom. The summed E-state index contributed by atoms with van der Waals surface area (Å²) in [5.74, 6) is 23.3. The maximum atomic E-state index is 5.39. The van der Waals surface area contributed by atoms with Gasteiger partial charge in [-0.1, -0.05) is 194 Å². The molecule has 0 aliphatic carbocycles. The fourth-order valence-electron chi connectivity index (χ4n) is 5.50. The van der Waals surface area contributed by atoms with E-state index in [0.717, 1.165) is 229 Å². The van der Waals surface area contributed by atoms with Crippen LogP contribution in [-0.4, -0.2) is 410 Å². The van der Waals surface area contributed by atoms with Crippen LogP contribution in [0.1, 0.15) is 0 Å². The Morgan fingerprint density at radius 2 is 0.317 bits per heavy atom. The van der Waals surface area contributed by atoms with Gasteiger partial charge >= 0.3 is 0 Å². The van der Waals surface area contributed by atoms with Crippen LogP contribution in [0.3, 0.4) is 0 Å². The maximum absolute atomic E-state index is 5.39. The van der Waals surface area contributed by atoms with Crippen molar-refractivity contribution < 1.29 is 123 Å². The van der Waals surface area contributed by atoms with Crippen molar-refractivity contribution in [1.82, 2.24) is 0 Å². The van der Waals surface area contributed by atoms with E-state index in [4.69, 9.17) is 123 Å². The van der Waals surface area contributed by atoms with Gasteiger partial charge in [-0.15, -0.1) is 0 Å². The van der Waals surface area contributed by atoms with E-state index in [9.17, 15) is 0 Å². The summed E-state index contributed by atoms with van der Waals surface area (Å²) in [6.07, 6.45) is 0. The van der Waals surface area contributed by atoms with Crippen molar-refractivity contribution in [3.8, 4) is 0 Å². The molecule has 3 rings (SSSR count). The van der Waals surface area contributed by atoms with Gasteiger partial charge in [0.15, 0.2) is 0 Å². The lowest BCUT2D eigenvalue weighted by atomic mass is 10.8. The summed E-state index contributed by atoms with van der Waals surface area (Å²) in [4.78, 5) is 0. The van der Waals surface area contributed by atoms with Crippen LogP contribution >= 0.6 is 354 Å². The molecule has 0 N–H and O–H groups in total. The largest absolute Gasteiger partial charge is 0.355 e. The van der Waals surface area contributed by atoms with Crippen LogP contribution in [0.4, 0.5) is 0 Å². The molecule has 0 aromatic rings. The molecule has 3 fully saturated rings. The highest BCUT2D eigenvalue weighted by atomic mass is 33.7. The molecular formula is C65H138O26S32. The lowest BCUT2D eigenvalue weighted by Gasteiger charge is -2.08. The summed E-state index contributed by atoms with van der Waals surface area (Å²) < 4.78 is 137. The summed E-state index contributed by atoms with van der Waals surface area (Å²) in [6, 6.07) is 0. The van der Waals surface area contributed by atoms with Gasteiger partial charge < -0.3 is 123 Å². The van der Waals surface area contributed by atoms with Gasteiger partial charge in [-0.2, -0.15) is 101 Å². The van der Waals surface area contributed by atoms with Crippen molar-refractivity contribution in [2.24, 2.45) is 0 Å². The number of rotatable bonds is 54. The van der Waals surface area contributed by atoms with E-state index >= 15 is 0 Å². The Morgan fingerprint density at radius 3 is 0.496 bits per heavy atom. The Kier molecular flexibility index (Phi) is 165. The van der Waals surface area contributed by atoms with Crippen LogP contribution in [-0.2, 0) is 123 Å². The Labute approximate surface area is 875 Å². The molecular weight excluding hydrogens is 2220 g/mol. The van der Waals surface area contributed by atoms with Crippen molar-refractivity contribution in [2.75, 3.05) is 410 Å². The summed E-state index contributed by atoms with van der Waals surface area (Å²) >= 11 is 32.1. The minimum Gasteiger partial charge on any atom is -0.355 e. The lowest BCUT2D eigenvalue weighted by molar-refractivity contribution is -0.0430. The zero-order valence-electron chi connectivity index (χ0n) is 70.0. The summed E-state index contributed by atoms with van der Waals surface area (Å²) in [6.45, 7) is 23.2. The number of hydrogen-bond acceptors (Lipinski definition) is 58. The third-order valence-electron chi connectivity index (χ3n) is 10.5. The number of thiol groups is 8. The molecule has 0 aromatic carbocycles. The second-order valence-electron chi connectivity index (χ2n) is 20.1. The van der Waals surface area contributed by atoms with Crippen molar-refractivity contribution in [1.29, 1.82) is 0 Å². The summed E-state index contributed by atoms with van der Waals surface area (Å²) in [5, 5.41) is 0. The highest BCUT2D eigenvalue weighted by Gasteiger charge is 2.05. The Hall–Kier alpha value is 10.2. The molecule has 3 saturated heterocycles. The quantitative estimate of drug-likeness (QED) is 0.0122. The van der Waals surface area contributed by atoms with E-state index in [0.29, 0.717) is 181 Å². The molecule has 0 atom stereocenters. The lowest BCUT2D eigenvalue weighted by Crippen LogP contribution is -2.07. The summed E-state index contributed by atoms with van der Waals surface area (Å²) in [5.41, 5.74) is 0. The first-order chi connectivity index (χ1) is 61.2. The normalized spacial score (nSPS) is 17.0. The van der Waals surface area contributed by atoms with Gasteiger partial charge in [-0.3, -0.25) is 0 Å². The molecule has 0 saturated carbocycles. The van der Waals surface area contributed by atoms with Crippen molar-refractivity contribution in [2.45, 2.75) is 0 Å². The topological polar surface area (TPSA) is 240 Å². The van der Waals surface area contributed by atoms with E-state index in [2.05, 4.69) is 101 Å². The first-order valence-corrected chi connectivity index (χ1v) is 73.7. The molecule has 0 aromatic heterocycles. The second kappa shape index (κ2) is 145. The molecule has 3 aliphatic rings. The number of ether oxygens (including phenoxy) is 26. The van der Waals surface area contributed by atoms with Gasteiger partial charge in [0, 0.05) is 150 Å². The Balaban J connectivity index is -0.000000677. The number of hydrogen-bond donors (Lipinski definition) is 8. The van der Waals surface area contributed by atoms with Gasteiger partial charge in [-0.25, -0.2) is 0 Å². The van der Waals surface area contributed by atoms with Crippen LogP contribution in [0.25, 0.3) is 0 Å². The molecule has 0 spiro atoms. The third-order valence-corrected chi connectivity index (χ3v) is 44.8. The Bertz CT molecular complexity index is 1460. The van der Waals surface area contributed by atoms with E-state index in [1.165, 1.54) is 0 Å². The zero-order valence-corrected chi connectivity index (χ0v) is 96.7. The van der Waals surface area contributed by atoms with E-state index in [1.807, 2.05) is 21.6 Å². The first-order valence-electron chi connectivity index (χ1n) is 38.2. The highest BCUT2D eigenvalue weighted by Crippen LogP contribution is 2.43. The van der Waals surface area contributed by atoms with Crippen LogP contribution in [0, 0.1) is 0 Å². The molecule has 746 valence electrons. The summed E-state index contributed by atoms with van der Waals surface area (Å²) in [7, 11) is 43.0. The maximum Gasteiger partial charge on any atom is 0.146 e. The van der Waals surface area contributed by atoms with Gasteiger partial charge in [0.25, 0.3) is 0 Å². The fourth-order valence-corrected chi connectivity index (χ4v) is 33.4. The van der Waals surface area contributed by atoms with Crippen LogP contribution in [0.5, 0.6) is 0 Å². The standard InChI is InChI=1S/C10H20O4S6.C10H22O4S6.C10H20O4S5.C10H22O4S5.C10H20O4S4.C10H22O4S4.C5H12O2S2/c1-5-15-16-6-2-12-10-14-4-8-18-20-19-17-7-3-13-9-11-1;15-5-1-11-9-13-3-7-17-19-20-18-8-4-14-10-12-2-6-16;1-5-15-16-6-2-12-10-14-4-8-18-19-17-7-3-13-9-11-1;15-5-1-11-9-13-3-7-17-19-18-8-4-14-10-12-2-6-16;1-5-15-16-6-3-13-10-14-4-8-18-17-7-2-12-9-11-1;15-5-1-11-9-13-3-7-17-18-8-4-14-10-12-2-6-16;8-3-1-6-5-7-2-4-9/h1-10H2;15-16H,1-10H2;1-10H2;15-16H,1-10H2;1-10H2;15-16H,1-10H2;8-9H,1-5H2. The molecule has 26 nitrogen and oxygen atoms in total. The monoisotopic (exact) mass is 2360 g/mol. The van der Waals surface area contributed by atoms with Crippen molar-refractivity contribution >= 4 is 354 Å². The molecule has 0 unspecified atom stereocenters. The van der Waals surface area contributed by atoms with Gasteiger partial charge in [-0.05, 0) is 59.0 Å². The highest BCUT2D eigenvalue weighted by molar-refractivity contribution is 9.26. The van der Waals surface area contributed by atoms with E-state index in [1.54, 1.807) is 232 Å². The minimum absolute atomic E-state index is 0.359. The fraction of sp³-hybridized carbons (Fsp3) is 1.00. The van der Waals surface area contributed by atoms with Crippen molar-refractivity contribution in [3.63, 3.8) is 0 Å². The molecule has 0 amide bonds. The van der Waals surface area contributed by atoms with Crippen LogP contribution < -0.4 is 0 Å². The van der Waals surface area contributed by atoms with Gasteiger partial charge in [0.2, 0.25) is 0 Å². The van der Waals surface area contributed by atoms with Crippen molar-refractivity contribution in [3.05, 3.63) is 0 Å². The predicted octanol–water partition coefficient (Wildman–Crippen LogP) is 19.6. The van der Waals surface area contributed by atoms with Gasteiger partial charge in [0.1, 0.15) is 88.3 Å². The van der Waals surface area contributed by atoms with E-state index < -0.39 is 0 Å². The molecule has 0 radical (unpaired) electrons. The smallest absolute Gasteiger partial charge is 0.146 e.